The zero-order valence-corrected chi connectivity index (χ0v) is 9.29. The largest absolute Gasteiger partial charge is 0.399 e. The molecule has 2 rings (SSSR count). The van der Waals surface area contributed by atoms with Gasteiger partial charge in [-0.3, -0.25) is 0 Å². The Morgan fingerprint density at radius 1 is 1.43 bits per heavy atom. The van der Waals surface area contributed by atoms with Crippen LogP contribution in [-0.4, -0.2) is 17.3 Å². The first kappa shape index (κ1) is 9.80. The zero-order valence-electron chi connectivity index (χ0n) is 7.70. The normalized spacial score (nSPS) is 25.6. The smallest absolute Gasteiger partial charge is 0.0579 e. The van der Waals surface area contributed by atoms with E-state index in [1.807, 2.05) is 18.2 Å². The minimum Gasteiger partial charge on any atom is -0.399 e. The van der Waals surface area contributed by atoms with Gasteiger partial charge in [0.05, 0.1) is 6.10 Å². The number of halogens is 1. The number of aliphatic hydroxyl groups is 1. The first-order chi connectivity index (χ1) is 6.65. The fourth-order valence-electron chi connectivity index (χ4n) is 1.57. The lowest BCUT2D eigenvalue weighted by molar-refractivity contribution is 0.0836. The second-order valence-electron chi connectivity index (χ2n) is 3.71. The average Bonchev–Trinajstić information content (AvgIpc) is 2.06. The number of rotatable bonds is 2. The molecule has 0 spiro atoms. The molecular weight excluding hydrogens is 244 g/mol. The van der Waals surface area contributed by atoms with Gasteiger partial charge in [0.15, 0.2) is 0 Å². The minimum atomic E-state index is -0.125. The van der Waals surface area contributed by atoms with E-state index in [9.17, 15) is 0 Å². The molecular formula is C10H13BrN2O. The van der Waals surface area contributed by atoms with Crippen molar-refractivity contribution in [2.75, 3.05) is 11.1 Å². The highest BCUT2D eigenvalue weighted by atomic mass is 79.9. The van der Waals surface area contributed by atoms with Crippen molar-refractivity contribution in [3.63, 3.8) is 0 Å². The van der Waals surface area contributed by atoms with Crippen LogP contribution in [0.4, 0.5) is 11.4 Å². The van der Waals surface area contributed by atoms with Crippen molar-refractivity contribution in [2.24, 2.45) is 0 Å². The molecule has 76 valence electrons. The molecule has 0 aliphatic heterocycles. The van der Waals surface area contributed by atoms with E-state index in [1.165, 1.54) is 0 Å². The molecule has 4 heteroatoms. The van der Waals surface area contributed by atoms with Gasteiger partial charge in [0.25, 0.3) is 0 Å². The summed E-state index contributed by atoms with van der Waals surface area (Å²) in [5.41, 5.74) is 7.41. The molecule has 3 nitrogen and oxygen atoms in total. The lowest BCUT2D eigenvalue weighted by atomic mass is 9.89. The Labute approximate surface area is 91.4 Å². The molecule has 0 atom stereocenters. The summed E-state index contributed by atoms with van der Waals surface area (Å²) in [7, 11) is 0. The minimum absolute atomic E-state index is 0.125. The highest BCUT2D eigenvalue weighted by Gasteiger charge is 2.27. The number of benzene rings is 1. The predicted molar refractivity (Wildman–Crippen MR) is 61.2 cm³/mol. The highest BCUT2D eigenvalue weighted by molar-refractivity contribution is 9.10. The molecule has 0 amide bonds. The second-order valence-corrected chi connectivity index (χ2v) is 4.56. The van der Waals surface area contributed by atoms with E-state index < -0.39 is 0 Å². The Morgan fingerprint density at radius 2 is 2.14 bits per heavy atom. The van der Waals surface area contributed by atoms with E-state index in [0.717, 1.165) is 28.7 Å². The Kier molecular flexibility index (Phi) is 2.65. The molecule has 0 radical (unpaired) electrons. The maximum Gasteiger partial charge on any atom is 0.0579 e. The van der Waals surface area contributed by atoms with Crippen LogP contribution in [-0.2, 0) is 0 Å². The summed E-state index contributed by atoms with van der Waals surface area (Å²) in [4.78, 5) is 0. The van der Waals surface area contributed by atoms with Gasteiger partial charge in [0, 0.05) is 21.9 Å². The summed E-state index contributed by atoms with van der Waals surface area (Å²) >= 11 is 3.44. The number of nitrogens with one attached hydrogen (secondary N) is 1. The van der Waals surface area contributed by atoms with E-state index >= 15 is 0 Å². The maximum absolute atomic E-state index is 9.14. The second kappa shape index (κ2) is 3.79. The summed E-state index contributed by atoms with van der Waals surface area (Å²) in [5, 5.41) is 12.5. The Hall–Kier alpha value is -0.740. The van der Waals surface area contributed by atoms with Gasteiger partial charge in [-0.1, -0.05) is 0 Å². The monoisotopic (exact) mass is 256 g/mol. The fraction of sp³-hybridized carbons (Fsp3) is 0.400. The summed E-state index contributed by atoms with van der Waals surface area (Å²) in [6.45, 7) is 0. The van der Waals surface area contributed by atoms with Crippen LogP contribution in [0.25, 0.3) is 0 Å². The average molecular weight is 257 g/mol. The van der Waals surface area contributed by atoms with Crippen molar-refractivity contribution in [1.82, 2.24) is 0 Å². The molecule has 1 fully saturated rings. The molecule has 4 N–H and O–H groups in total. The topological polar surface area (TPSA) is 58.3 Å². The SMILES string of the molecule is Nc1ccc(NC2CC(O)C2)c(Br)c1. The van der Waals surface area contributed by atoms with Crippen molar-refractivity contribution in [2.45, 2.75) is 25.0 Å². The van der Waals surface area contributed by atoms with Crippen LogP contribution in [0.2, 0.25) is 0 Å². The molecule has 0 unspecified atom stereocenters. The van der Waals surface area contributed by atoms with E-state index in [1.54, 1.807) is 0 Å². The summed E-state index contributed by atoms with van der Waals surface area (Å²) in [6, 6.07) is 6.08. The Bertz CT molecular complexity index is 337. The summed E-state index contributed by atoms with van der Waals surface area (Å²) < 4.78 is 0.971. The number of hydrogen-bond acceptors (Lipinski definition) is 3. The first-order valence-electron chi connectivity index (χ1n) is 4.65. The van der Waals surface area contributed by atoms with Gasteiger partial charge >= 0.3 is 0 Å². The van der Waals surface area contributed by atoms with Gasteiger partial charge in [-0.15, -0.1) is 0 Å². The van der Waals surface area contributed by atoms with Gasteiger partial charge in [0.1, 0.15) is 0 Å². The molecule has 0 heterocycles. The predicted octanol–water partition coefficient (Wildman–Crippen LogP) is 1.97. The van der Waals surface area contributed by atoms with E-state index in [4.69, 9.17) is 10.8 Å². The molecule has 1 aromatic rings. The number of anilines is 2. The third kappa shape index (κ3) is 2.01. The summed E-state index contributed by atoms with van der Waals surface area (Å²) in [6.07, 6.45) is 1.54. The zero-order chi connectivity index (χ0) is 10.1. The quantitative estimate of drug-likeness (QED) is 0.710. The van der Waals surface area contributed by atoms with Crippen LogP contribution in [0.5, 0.6) is 0 Å². The van der Waals surface area contributed by atoms with Crippen molar-refractivity contribution in [3.8, 4) is 0 Å². The van der Waals surface area contributed by atoms with Crippen LogP contribution in [0.3, 0.4) is 0 Å². The fourth-order valence-corrected chi connectivity index (χ4v) is 2.08. The lowest BCUT2D eigenvalue weighted by Gasteiger charge is -2.33. The summed E-state index contributed by atoms with van der Waals surface area (Å²) in [5.74, 6) is 0. The molecule has 1 aromatic carbocycles. The third-order valence-electron chi connectivity index (χ3n) is 2.47. The molecule has 0 saturated heterocycles. The van der Waals surface area contributed by atoms with Crippen molar-refractivity contribution < 1.29 is 5.11 Å². The van der Waals surface area contributed by atoms with Crippen LogP contribution in [0.15, 0.2) is 22.7 Å². The number of nitrogens with two attached hydrogens (primary N) is 1. The first-order valence-corrected chi connectivity index (χ1v) is 5.44. The van der Waals surface area contributed by atoms with Crippen LogP contribution >= 0.6 is 15.9 Å². The van der Waals surface area contributed by atoms with Gasteiger partial charge in [0.2, 0.25) is 0 Å². The standard InChI is InChI=1S/C10H13BrN2O/c11-9-3-6(12)1-2-10(9)13-7-4-8(14)5-7/h1-3,7-8,13-14H,4-5,12H2. The number of hydrogen-bond donors (Lipinski definition) is 3. The van der Waals surface area contributed by atoms with Gasteiger partial charge in [-0.25, -0.2) is 0 Å². The third-order valence-corrected chi connectivity index (χ3v) is 3.12. The van der Waals surface area contributed by atoms with Crippen molar-refractivity contribution in [1.29, 1.82) is 0 Å². The molecule has 1 aliphatic carbocycles. The Morgan fingerprint density at radius 3 is 2.71 bits per heavy atom. The van der Waals surface area contributed by atoms with Crippen LogP contribution < -0.4 is 11.1 Å². The highest BCUT2D eigenvalue weighted by Crippen LogP contribution is 2.29. The van der Waals surface area contributed by atoms with Gasteiger partial charge in [-0.2, -0.15) is 0 Å². The van der Waals surface area contributed by atoms with Crippen molar-refractivity contribution in [3.05, 3.63) is 22.7 Å². The van der Waals surface area contributed by atoms with Crippen LogP contribution in [0.1, 0.15) is 12.8 Å². The van der Waals surface area contributed by atoms with Gasteiger partial charge in [-0.05, 0) is 47.0 Å². The molecule has 0 aromatic heterocycles. The lowest BCUT2D eigenvalue weighted by Crippen LogP contribution is -2.39. The van der Waals surface area contributed by atoms with Gasteiger partial charge < -0.3 is 16.2 Å². The molecule has 0 bridgehead atoms. The van der Waals surface area contributed by atoms with E-state index in [0.29, 0.717) is 6.04 Å². The van der Waals surface area contributed by atoms with E-state index in [2.05, 4.69) is 21.2 Å². The Balaban J connectivity index is 2.02. The van der Waals surface area contributed by atoms with Crippen molar-refractivity contribution >= 4 is 27.3 Å². The van der Waals surface area contributed by atoms with Crippen LogP contribution in [0, 0.1) is 0 Å². The number of aliphatic hydroxyl groups excluding tert-OH is 1. The molecule has 1 aliphatic rings. The molecule has 1 saturated carbocycles. The van der Waals surface area contributed by atoms with E-state index in [-0.39, 0.29) is 6.10 Å². The molecule has 14 heavy (non-hydrogen) atoms. The number of nitrogen functional groups attached to an aromatic ring is 1. The maximum atomic E-state index is 9.14.